The molecule has 4 heteroatoms. The number of benzene rings is 6. The van der Waals surface area contributed by atoms with Crippen molar-refractivity contribution in [2.75, 3.05) is 12.3 Å². The summed E-state index contributed by atoms with van der Waals surface area (Å²) in [5.74, 6) is 0. The molecule has 6 rings (SSSR count). The fourth-order valence-electron chi connectivity index (χ4n) is 6.20. The minimum absolute atomic E-state index is 0.0367. The molecule has 0 saturated carbocycles. The van der Waals surface area contributed by atoms with Crippen LogP contribution in [0.25, 0.3) is 0 Å². The van der Waals surface area contributed by atoms with Gasteiger partial charge in [-0.25, -0.2) is 0 Å². The Kier molecular flexibility index (Phi) is 10.9. The fraction of sp³-hybridized carbons (Fsp3) is 0.122. The van der Waals surface area contributed by atoms with Crippen LogP contribution in [0, 0.1) is 5.41 Å². The zero-order chi connectivity index (χ0) is 30.9. The molecule has 0 heterocycles. The summed E-state index contributed by atoms with van der Waals surface area (Å²) in [6.45, 7) is 0. The first-order valence-corrected chi connectivity index (χ1v) is 19.3. The highest BCUT2D eigenvalue weighted by molar-refractivity contribution is 7.80. The van der Waals surface area contributed by atoms with Gasteiger partial charge in [0.2, 0.25) is 0 Å². The molecule has 224 valence electrons. The van der Waals surface area contributed by atoms with E-state index in [4.69, 9.17) is 0 Å². The van der Waals surface area contributed by atoms with Gasteiger partial charge >= 0.3 is 0 Å². The molecule has 0 nitrogen and oxygen atoms in total. The predicted octanol–water partition coefficient (Wildman–Crippen LogP) is 9.30. The van der Waals surface area contributed by atoms with E-state index in [0.717, 1.165) is 35.0 Å². The van der Waals surface area contributed by atoms with Crippen LogP contribution >= 0.6 is 41.1 Å². The third-order valence-electron chi connectivity index (χ3n) is 8.29. The quantitative estimate of drug-likeness (QED) is 0.0952. The van der Waals surface area contributed by atoms with Crippen LogP contribution in [0.2, 0.25) is 0 Å². The Morgan fingerprint density at radius 2 is 0.622 bits per heavy atom. The molecule has 0 amide bonds. The molecule has 0 aromatic heterocycles. The van der Waals surface area contributed by atoms with E-state index in [1.165, 1.54) is 32.3 Å². The van der Waals surface area contributed by atoms with E-state index in [2.05, 4.69) is 195 Å². The fourth-order valence-corrected chi connectivity index (χ4v) is 12.1. The van der Waals surface area contributed by atoms with Crippen molar-refractivity contribution >= 4 is 62.3 Å². The molecule has 0 radical (unpaired) electrons. The van der Waals surface area contributed by atoms with Gasteiger partial charge in [0, 0.05) is 9.79 Å². The summed E-state index contributed by atoms with van der Waals surface area (Å²) in [5, 5.41) is 5.73. The van der Waals surface area contributed by atoms with Gasteiger partial charge in [-0.2, -0.15) is 0 Å². The molecule has 0 aliphatic heterocycles. The molecule has 0 bridgehead atoms. The van der Waals surface area contributed by atoms with Crippen LogP contribution < -0.4 is 21.2 Å². The Morgan fingerprint density at radius 1 is 0.356 bits per heavy atom. The van der Waals surface area contributed by atoms with Gasteiger partial charge in [0.25, 0.3) is 0 Å². The van der Waals surface area contributed by atoms with Crippen LogP contribution in [0.15, 0.2) is 180 Å². The Hall–Kier alpha value is -3.12. The maximum absolute atomic E-state index is 4.63. The minimum Gasteiger partial charge on any atom is -0.143 e. The van der Waals surface area contributed by atoms with Gasteiger partial charge in [0.1, 0.15) is 0 Å². The number of hydrogen-bond acceptors (Lipinski definition) is 2. The lowest BCUT2D eigenvalue weighted by Gasteiger charge is -2.41. The van der Waals surface area contributed by atoms with Crippen molar-refractivity contribution in [2.45, 2.75) is 22.6 Å². The molecule has 0 unspecified atom stereocenters. The highest BCUT2D eigenvalue weighted by Crippen LogP contribution is 2.50. The summed E-state index contributed by atoms with van der Waals surface area (Å²) in [6.07, 6.45) is 4.14. The highest BCUT2D eigenvalue weighted by Gasteiger charge is 2.38. The molecule has 0 atom stereocenters. The Labute approximate surface area is 282 Å². The van der Waals surface area contributed by atoms with Gasteiger partial charge in [-0.15, -0.1) is 25.3 Å². The lowest BCUT2D eigenvalue weighted by molar-refractivity contribution is 0.376. The van der Waals surface area contributed by atoms with Crippen LogP contribution in [-0.2, 0) is 12.8 Å². The monoisotopic (exact) mass is 656 g/mol. The summed E-state index contributed by atoms with van der Waals surface area (Å²) >= 11 is 9.27. The standard InChI is InChI=1S/C41H38P2S2/c44-39-25-21-33(22-26-39)29-41(30-34-23-27-40(45)28-24-34,31-42(35-13-5-1-6-14-35)36-15-7-2-8-16-36)32-43(37-17-9-3-10-18-37)38-19-11-4-12-20-38/h1-28,44-45H,29-32H2. The van der Waals surface area contributed by atoms with Crippen molar-refractivity contribution in [3.63, 3.8) is 0 Å². The van der Waals surface area contributed by atoms with Crippen molar-refractivity contribution in [3.8, 4) is 0 Å². The molecular weight excluding hydrogens is 619 g/mol. The molecule has 0 aliphatic carbocycles. The molecule has 45 heavy (non-hydrogen) atoms. The molecular formula is C41H38P2S2. The minimum atomic E-state index is -0.632. The first kappa shape index (κ1) is 31.8. The molecule has 0 saturated heterocycles. The third-order valence-corrected chi connectivity index (χ3v) is 14.5. The van der Waals surface area contributed by atoms with Gasteiger partial charge in [0.15, 0.2) is 0 Å². The van der Waals surface area contributed by atoms with Crippen molar-refractivity contribution in [1.82, 2.24) is 0 Å². The first-order chi connectivity index (χ1) is 22.1. The van der Waals surface area contributed by atoms with E-state index in [-0.39, 0.29) is 5.41 Å². The lowest BCUT2D eigenvalue weighted by atomic mass is 9.79. The number of hydrogen-bond donors (Lipinski definition) is 2. The van der Waals surface area contributed by atoms with Gasteiger partial charge in [0.05, 0.1) is 0 Å². The van der Waals surface area contributed by atoms with E-state index in [0.29, 0.717) is 0 Å². The van der Waals surface area contributed by atoms with Crippen LogP contribution in [0.5, 0.6) is 0 Å². The van der Waals surface area contributed by atoms with Crippen molar-refractivity contribution in [2.24, 2.45) is 5.41 Å². The summed E-state index contributed by atoms with van der Waals surface area (Å²) < 4.78 is 0. The second kappa shape index (κ2) is 15.4. The Bertz CT molecular complexity index is 1530. The zero-order valence-electron chi connectivity index (χ0n) is 25.3. The number of rotatable bonds is 12. The topological polar surface area (TPSA) is 0 Å². The van der Waals surface area contributed by atoms with Crippen molar-refractivity contribution in [3.05, 3.63) is 181 Å². The largest absolute Gasteiger partial charge is 0.143 e. The predicted molar refractivity (Wildman–Crippen MR) is 205 cm³/mol. The molecule has 0 fully saturated rings. The summed E-state index contributed by atoms with van der Waals surface area (Å²) in [7, 11) is -1.26. The highest BCUT2D eigenvalue weighted by atomic mass is 32.1. The van der Waals surface area contributed by atoms with Crippen LogP contribution in [-0.4, -0.2) is 12.3 Å². The van der Waals surface area contributed by atoms with Gasteiger partial charge in [-0.3, -0.25) is 0 Å². The molecule has 6 aromatic carbocycles. The van der Waals surface area contributed by atoms with Gasteiger partial charge in [-0.05, 0) is 103 Å². The maximum atomic E-state index is 4.63. The lowest BCUT2D eigenvalue weighted by Crippen LogP contribution is -2.38. The van der Waals surface area contributed by atoms with Crippen LogP contribution in [0.1, 0.15) is 11.1 Å². The first-order valence-electron chi connectivity index (χ1n) is 15.4. The van der Waals surface area contributed by atoms with Crippen LogP contribution in [0.3, 0.4) is 0 Å². The van der Waals surface area contributed by atoms with E-state index < -0.39 is 15.8 Å². The molecule has 0 aliphatic rings. The summed E-state index contributed by atoms with van der Waals surface area (Å²) in [5.41, 5.74) is 2.70. The van der Waals surface area contributed by atoms with E-state index in [9.17, 15) is 0 Å². The number of thiol groups is 2. The maximum Gasteiger partial charge on any atom is 0.00401 e. The average molecular weight is 657 g/mol. The van der Waals surface area contributed by atoms with Crippen LogP contribution in [0.4, 0.5) is 0 Å². The second-order valence-electron chi connectivity index (χ2n) is 11.7. The zero-order valence-corrected chi connectivity index (χ0v) is 28.9. The molecule has 0 spiro atoms. The smallest absolute Gasteiger partial charge is 0.00401 e. The van der Waals surface area contributed by atoms with E-state index >= 15 is 0 Å². The van der Waals surface area contributed by atoms with Gasteiger partial charge in [-0.1, -0.05) is 146 Å². The molecule has 0 N–H and O–H groups in total. The third kappa shape index (κ3) is 8.58. The molecule has 6 aromatic rings. The Morgan fingerprint density at radius 3 is 0.889 bits per heavy atom. The van der Waals surface area contributed by atoms with E-state index in [1.54, 1.807) is 0 Å². The van der Waals surface area contributed by atoms with Crippen molar-refractivity contribution < 1.29 is 0 Å². The second-order valence-corrected chi connectivity index (χ2v) is 17.1. The normalized spacial score (nSPS) is 11.6. The summed E-state index contributed by atoms with van der Waals surface area (Å²) in [4.78, 5) is 2.00. The SMILES string of the molecule is Sc1ccc(CC(Cc2ccc(S)cc2)(CP(c2ccccc2)c2ccccc2)CP(c2ccccc2)c2ccccc2)cc1. The summed E-state index contributed by atoms with van der Waals surface area (Å²) in [6, 6.07) is 62.6. The van der Waals surface area contributed by atoms with E-state index in [1.807, 2.05) is 0 Å². The average Bonchev–Trinajstić information content (AvgIpc) is 3.10. The van der Waals surface area contributed by atoms with Crippen molar-refractivity contribution in [1.29, 1.82) is 0 Å². The van der Waals surface area contributed by atoms with Gasteiger partial charge < -0.3 is 0 Å². The Balaban J connectivity index is 1.54.